The molecule has 0 unspecified atom stereocenters. The molecule has 4 aromatic rings. The van der Waals surface area contributed by atoms with Crippen molar-refractivity contribution < 1.29 is 4.74 Å². The summed E-state index contributed by atoms with van der Waals surface area (Å²) in [5.74, 6) is 1.92. The van der Waals surface area contributed by atoms with Crippen LogP contribution >= 0.6 is 0 Å². The number of hydrogen-bond donors (Lipinski definition) is 2. The maximum Gasteiger partial charge on any atom is 0.118 e. The van der Waals surface area contributed by atoms with Gasteiger partial charge in [-0.3, -0.25) is 4.98 Å². The van der Waals surface area contributed by atoms with Gasteiger partial charge in [0.15, 0.2) is 0 Å². The molecule has 5 heteroatoms. The van der Waals surface area contributed by atoms with Crippen molar-refractivity contribution in [2.24, 2.45) is 12.8 Å². The van der Waals surface area contributed by atoms with Gasteiger partial charge in [0.2, 0.25) is 0 Å². The lowest BCUT2D eigenvalue weighted by molar-refractivity contribution is 0.414. The Labute approximate surface area is 171 Å². The number of nitrogens with one attached hydrogen (secondary N) is 1. The summed E-state index contributed by atoms with van der Waals surface area (Å²) in [7, 11) is 3.75. The van der Waals surface area contributed by atoms with Crippen molar-refractivity contribution in [3.05, 3.63) is 78.6 Å². The van der Waals surface area contributed by atoms with Gasteiger partial charge in [-0.2, -0.15) is 0 Å². The van der Waals surface area contributed by atoms with Gasteiger partial charge < -0.3 is 20.4 Å². The minimum atomic E-state index is 0.0231. The maximum absolute atomic E-state index is 6.35. The summed E-state index contributed by atoms with van der Waals surface area (Å²) >= 11 is 0. The van der Waals surface area contributed by atoms with Crippen molar-refractivity contribution in [1.82, 2.24) is 9.55 Å². The number of nitrogens with two attached hydrogens (primary N) is 1. The summed E-state index contributed by atoms with van der Waals surface area (Å²) in [6.45, 7) is 0.701. The molecule has 2 aromatic carbocycles. The maximum atomic E-state index is 6.35. The van der Waals surface area contributed by atoms with E-state index in [1.165, 1.54) is 16.5 Å². The number of ether oxygens (including phenoxy) is 1. The monoisotopic (exact) mass is 386 g/mol. The fourth-order valence-electron chi connectivity index (χ4n) is 3.59. The Morgan fingerprint density at radius 2 is 1.86 bits per heavy atom. The standard InChI is InChI=1S/C24H26N4O/c1-28-23(19-5-6-20-15-26-12-11-18(20)14-19)9-10-24(28)27-16-21(25)13-17-3-7-22(29-2)8-4-17/h3-12,14-15,21,27H,13,16,25H2,1-2H3/t21-/m0/s1. The zero-order valence-corrected chi connectivity index (χ0v) is 16.8. The first-order valence-corrected chi connectivity index (χ1v) is 9.76. The lowest BCUT2D eigenvalue weighted by Gasteiger charge is -2.15. The van der Waals surface area contributed by atoms with Crippen LogP contribution in [-0.2, 0) is 13.5 Å². The predicted octanol–water partition coefficient (Wildman–Crippen LogP) is 4.23. The second-order valence-corrected chi connectivity index (χ2v) is 7.29. The molecule has 0 saturated carbocycles. The quantitative estimate of drug-likeness (QED) is 0.499. The number of methoxy groups -OCH3 is 1. The number of pyridine rings is 1. The molecule has 0 spiro atoms. The third kappa shape index (κ3) is 4.25. The number of rotatable bonds is 7. The van der Waals surface area contributed by atoms with Crippen LogP contribution in [0, 0.1) is 0 Å². The molecule has 0 amide bonds. The normalized spacial score (nSPS) is 12.1. The fourth-order valence-corrected chi connectivity index (χ4v) is 3.59. The van der Waals surface area contributed by atoms with Gasteiger partial charge >= 0.3 is 0 Å². The van der Waals surface area contributed by atoms with E-state index in [2.05, 4.69) is 64.4 Å². The Kier molecular flexibility index (Phi) is 5.49. The van der Waals surface area contributed by atoms with Crippen molar-refractivity contribution in [3.8, 4) is 17.0 Å². The number of aromatic nitrogens is 2. The molecule has 5 nitrogen and oxygen atoms in total. The molecule has 4 rings (SSSR count). The number of benzene rings is 2. The van der Waals surface area contributed by atoms with E-state index in [0.29, 0.717) is 6.54 Å². The highest BCUT2D eigenvalue weighted by molar-refractivity contribution is 5.86. The zero-order chi connectivity index (χ0) is 20.2. The Bertz CT molecular complexity index is 1100. The summed E-state index contributed by atoms with van der Waals surface area (Å²) in [5, 5.41) is 5.82. The van der Waals surface area contributed by atoms with Gasteiger partial charge in [0.1, 0.15) is 11.6 Å². The van der Waals surface area contributed by atoms with E-state index in [1.807, 2.05) is 30.6 Å². The van der Waals surface area contributed by atoms with E-state index in [4.69, 9.17) is 10.5 Å². The molecule has 29 heavy (non-hydrogen) atoms. The molecule has 0 aliphatic carbocycles. The molecule has 1 atom stereocenters. The molecular weight excluding hydrogens is 360 g/mol. The molecule has 2 aromatic heterocycles. The topological polar surface area (TPSA) is 65.1 Å². The van der Waals surface area contributed by atoms with Gasteiger partial charge in [0, 0.05) is 43.1 Å². The van der Waals surface area contributed by atoms with Gasteiger partial charge in [-0.25, -0.2) is 0 Å². The zero-order valence-electron chi connectivity index (χ0n) is 16.8. The summed E-state index contributed by atoms with van der Waals surface area (Å²) < 4.78 is 7.37. The SMILES string of the molecule is COc1ccc(C[C@H](N)CNc2ccc(-c3ccc4cnccc4c3)n2C)cc1. The van der Waals surface area contributed by atoms with Crippen LogP contribution in [0.1, 0.15) is 5.56 Å². The third-order valence-corrected chi connectivity index (χ3v) is 5.26. The van der Waals surface area contributed by atoms with Gasteiger partial charge in [0.05, 0.1) is 7.11 Å². The van der Waals surface area contributed by atoms with Gasteiger partial charge in [-0.1, -0.05) is 24.3 Å². The van der Waals surface area contributed by atoms with E-state index in [-0.39, 0.29) is 6.04 Å². The summed E-state index contributed by atoms with van der Waals surface area (Å²) in [6.07, 6.45) is 4.53. The Morgan fingerprint density at radius 3 is 2.66 bits per heavy atom. The molecule has 0 radical (unpaired) electrons. The summed E-state index contributed by atoms with van der Waals surface area (Å²) in [5.41, 5.74) is 9.90. The lowest BCUT2D eigenvalue weighted by atomic mass is 10.1. The molecule has 148 valence electrons. The molecular formula is C24H26N4O. The van der Waals surface area contributed by atoms with Crippen LogP contribution < -0.4 is 15.8 Å². The molecule has 0 bridgehead atoms. The van der Waals surface area contributed by atoms with E-state index < -0.39 is 0 Å². The molecule has 2 heterocycles. The van der Waals surface area contributed by atoms with Crippen LogP contribution in [0.25, 0.3) is 22.0 Å². The Morgan fingerprint density at radius 1 is 1.03 bits per heavy atom. The number of nitrogens with zero attached hydrogens (tertiary/aromatic N) is 2. The van der Waals surface area contributed by atoms with E-state index >= 15 is 0 Å². The Hall–Kier alpha value is -3.31. The van der Waals surface area contributed by atoms with Crippen molar-refractivity contribution in [1.29, 1.82) is 0 Å². The molecule has 0 aliphatic rings. The van der Waals surface area contributed by atoms with E-state index in [0.717, 1.165) is 29.1 Å². The van der Waals surface area contributed by atoms with Gasteiger partial charge in [-0.05, 0) is 59.3 Å². The fraction of sp³-hybridized carbons (Fsp3) is 0.208. The average Bonchev–Trinajstić information content (AvgIpc) is 3.13. The number of fused-ring (bicyclic) bond motifs is 1. The van der Waals surface area contributed by atoms with Crippen molar-refractivity contribution in [2.45, 2.75) is 12.5 Å². The first-order valence-electron chi connectivity index (χ1n) is 9.76. The average molecular weight is 386 g/mol. The lowest BCUT2D eigenvalue weighted by Crippen LogP contribution is -2.31. The molecule has 0 fully saturated rings. The highest BCUT2D eigenvalue weighted by Crippen LogP contribution is 2.27. The summed E-state index contributed by atoms with van der Waals surface area (Å²) in [4.78, 5) is 4.18. The minimum Gasteiger partial charge on any atom is -0.497 e. The van der Waals surface area contributed by atoms with Crippen LogP contribution in [0.15, 0.2) is 73.1 Å². The van der Waals surface area contributed by atoms with Crippen LogP contribution in [0.2, 0.25) is 0 Å². The second-order valence-electron chi connectivity index (χ2n) is 7.29. The third-order valence-electron chi connectivity index (χ3n) is 5.26. The first-order chi connectivity index (χ1) is 14.1. The van der Waals surface area contributed by atoms with Gasteiger partial charge in [-0.15, -0.1) is 0 Å². The molecule has 0 saturated heterocycles. The number of anilines is 1. The van der Waals surface area contributed by atoms with Crippen molar-refractivity contribution in [2.75, 3.05) is 19.0 Å². The first kappa shape index (κ1) is 19.0. The highest BCUT2D eigenvalue weighted by atomic mass is 16.5. The summed E-state index contributed by atoms with van der Waals surface area (Å²) in [6, 6.07) is 20.8. The van der Waals surface area contributed by atoms with E-state index in [1.54, 1.807) is 7.11 Å². The van der Waals surface area contributed by atoms with Gasteiger partial charge in [0.25, 0.3) is 0 Å². The predicted molar refractivity (Wildman–Crippen MR) is 119 cm³/mol. The van der Waals surface area contributed by atoms with Crippen LogP contribution in [0.3, 0.4) is 0 Å². The van der Waals surface area contributed by atoms with Crippen LogP contribution in [0.5, 0.6) is 5.75 Å². The minimum absolute atomic E-state index is 0.0231. The number of hydrogen-bond acceptors (Lipinski definition) is 4. The molecule has 0 aliphatic heterocycles. The largest absolute Gasteiger partial charge is 0.497 e. The van der Waals surface area contributed by atoms with Crippen LogP contribution in [-0.4, -0.2) is 29.2 Å². The van der Waals surface area contributed by atoms with Crippen molar-refractivity contribution >= 4 is 16.6 Å². The van der Waals surface area contributed by atoms with E-state index in [9.17, 15) is 0 Å². The molecule has 3 N–H and O–H groups in total. The smallest absolute Gasteiger partial charge is 0.118 e. The highest BCUT2D eigenvalue weighted by Gasteiger charge is 2.10. The van der Waals surface area contributed by atoms with Crippen molar-refractivity contribution in [3.63, 3.8) is 0 Å². The Balaban J connectivity index is 1.42. The second kappa shape index (κ2) is 8.37. The van der Waals surface area contributed by atoms with Crippen LogP contribution in [0.4, 0.5) is 5.82 Å².